The minimum atomic E-state index is 0.839. The molecule has 0 aliphatic carbocycles. The van der Waals surface area contributed by atoms with Crippen molar-refractivity contribution in [2.45, 2.75) is 6.42 Å². The summed E-state index contributed by atoms with van der Waals surface area (Å²) in [6, 6.07) is 6.15. The molecule has 0 unspecified atom stereocenters. The molecule has 0 bridgehead atoms. The van der Waals surface area contributed by atoms with E-state index in [1.54, 1.807) is 0 Å². The number of rotatable bonds is 3. The van der Waals surface area contributed by atoms with Crippen molar-refractivity contribution in [1.82, 2.24) is 9.47 Å². The fourth-order valence-electron chi connectivity index (χ4n) is 2.79. The maximum atomic E-state index is 5.90. The summed E-state index contributed by atoms with van der Waals surface area (Å²) in [4.78, 5) is 2.47. The molecular weight excluding hydrogens is 238 g/mol. The van der Waals surface area contributed by atoms with E-state index in [1.807, 2.05) is 6.07 Å². The Morgan fingerprint density at radius 1 is 1.26 bits per heavy atom. The molecule has 3 rings (SSSR count). The Labute approximate surface area is 113 Å². The summed E-state index contributed by atoms with van der Waals surface area (Å²) in [6.45, 7) is 4.92. The summed E-state index contributed by atoms with van der Waals surface area (Å²) in [5.74, 6) is 0. The van der Waals surface area contributed by atoms with Crippen molar-refractivity contribution in [1.29, 1.82) is 0 Å². The second-order valence-electron chi connectivity index (χ2n) is 5.25. The van der Waals surface area contributed by atoms with Crippen LogP contribution in [-0.4, -0.2) is 42.3 Å². The number of benzene rings is 1. The number of nitrogen functional groups attached to an aromatic ring is 1. The van der Waals surface area contributed by atoms with E-state index in [4.69, 9.17) is 10.5 Å². The Hall–Kier alpha value is -1.52. The lowest BCUT2D eigenvalue weighted by Gasteiger charge is -2.26. The van der Waals surface area contributed by atoms with E-state index < -0.39 is 0 Å². The minimum Gasteiger partial charge on any atom is -0.399 e. The highest BCUT2D eigenvalue weighted by Gasteiger charge is 2.12. The number of nitrogens with two attached hydrogens (primary N) is 1. The molecule has 0 amide bonds. The molecule has 0 saturated carbocycles. The Bertz CT molecular complexity index is 570. The van der Waals surface area contributed by atoms with Crippen molar-refractivity contribution in [3.8, 4) is 0 Å². The van der Waals surface area contributed by atoms with Gasteiger partial charge in [0.2, 0.25) is 0 Å². The normalized spacial score (nSPS) is 17.1. The number of fused-ring (bicyclic) bond motifs is 1. The van der Waals surface area contributed by atoms with E-state index in [0.29, 0.717) is 0 Å². The molecule has 2 N–H and O–H groups in total. The standard InChI is InChI=1S/C15H21N3O/c1-17-11-12(4-5-18-6-8-19-9-7-18)14-10-13(16)2-3-15(14)17/h2-3,10-11H,4-9,16H2,1H3. The molecule has 1 aliphatic rings. The molecule has 1 aliphatic heterocycles. The largest absolute Gasteiger partial charge is 0.399 e. The van der Waals surface area contributed by atoms with Gasteiger partial charge in [0.1, 0.15) is 0 Å². The number of aryl methyl sites for hydroxylation is 1. The van der Waals surface area contributed by atoms with Crippen LogP contribution in [0.5, 0.6) is 0 Å². The zero-order chi connectivity index (χ0) is 13.2. The third kappa shape index (κ3) is 2.60. The van der Waals surface area contributed by atoms with E-state index in [-0.39, 0.29) is 0 Å². The van der Waals surface area contributed by atoms with E-state index in [2.05, 4.69) is 34.8 Å². The van der Waals surface area contributed by atoms with Gasteiger partial charge in [-0.25, -0.2) is 0 Å². The van der Waals surface area contributed by atoms with Crippen LogP contribution in [0.4, 0.5) is 5.69 Å². The van der Waals surface area contributed by atoms with Gasteiger partial charge in [0.25, 0.3) is 0 Å². The average Bonchev–Trinajstić information content (AvgIpc) is 2.74. The molecule has 19 heavy (non-hydrogen) atoms. The van der Waals surface area contributed by atoms with Gasteiger partial charge in [-0.2, -0.15) is 0 Å². The molecule has 2 heterocycles. The van der Waals surface area contributed by atoms with E-state index in [0.717, 1.165) is 45.0 Å². The van der Waals surface area contributed by atoms with Gasteiger partial charge in [-0.3, -0.25) is 4.90 Å². The first kappa shape index (κ1) is 12.5. The van der Waals surface area contributed by atoms with Crippen LogP contribution in [0.1, 0.15) is 5.56 Å². The summed E-state index contributed by atoms with van der Waals surface area (Å²) in [5, 5.41) is 1.29. The summed E-state index contributed by atoms with van der Waals surface area (Å²) < 4.78 is 7.56. The smallest absolute Gasteiger partial charge is 0.0594 e. The molecule has 1 aromatic carbocycles. The Balaban J connectivity index is 1.78. The Kier molecular flexibility index (Phi) is 3.44. The monoisotopic (exact) mass is 259 g/mol. The molecule has 0 radical (unpaired) electrons. The summed E-state index contributed by atoms with van der Waals surface area (Å²) in [6.07, 6.45) is 3.30. The number of nitrogens with zero attached hydrogens (tertiary/aromatic N) is 2. The Morgan fingerprint density at radius 2 is 2.05 bits per heavy atom. The molecule has 4 nitrogen and oxygen atoms in total. The van der Waals surface area contributed by atoms with Gasteiger partial charge in [0, 0.05) is 49.5 Å². The summed E-state index contributed by atoms with van der Waals surface area (Å²) in [5.41, 5.74) is 9.39. The van der Waals surface area contributed by atoms with Crippen LogP contribution in [0.2, 0.25) is 0 Å². The van der Waals surface area contributed by atoms with Crippen molar-refractivity contribution >= 4 is 16.6 Å². The van der Waals surface area contributed by atoms with Crippen molar-refractivity contribution in [2.24, 2.45) is 7.05 Å². The predicted molar refractivity (Wildman–Crippen MR) is 78.3 cm³/mol. The van der Waals surface area contributed by atoms with Gasteiger partial charge in [-0.1, -0.05) is 0 Å². The molecule has 1 saturated heterocycles. The molecule has 2 aromatic rings. The van der Waals surface area contributed by atoms with Gasteiger partial charge in [0.05, 0.1) is 13.2 Å². The minimum absolute atomic E-state index is 0.839. The fraction of sp³-hybridized carbons (Fsp3) is 0.467. The Morgan fingerprint density at radius 3 is 2.84 bits per heavy atom. The number of aromatic nitrogens is 1. The third-order valence-electron chi connectivity index (χ3n) is 3.90. The zero-order valence-corrected chi connectivity index (χ0v) is 11.4. The van der Waals surface area contributed by atoms with Gasteiger partial charge in [0.15, 0.2) is 0 Å². The molecular formula is C15H21N3O. The van der Waals surface area contributed by atoms with Gasteiger partial charge in [-0.05, 0) is 30.2 Å². The maximum Gasteiger partial charge on any atom is 0.0594 e. The lowest BCUT2D eigenvalue weighted by atomic mass is 10.1. The number of hydrogen-bond donors (Lipinski definition) is 1. The van der Waals surface area contributed by atoms with Gasteiger partial charge >= 0.3 is 0 Å². The van der Waals surface area contributed by atoms with Crippen molar-refractivity contribution in [3.63, 3.8) is 0 Å². The first-order valence-electron chi connectivity index (χ1n) is 6.87. The highest BCUT2D eigenvalue weighted by atomic mass is 16.5. The van der Waals surface area contributed by atoms with E-state index in [9.17, 15) is 0 Å². The molecule has 1 aromatic heterocycles. The molecule has 102 valence electrons. The van der Waals surface area contributed by atoms with Crippen LogP contribution >= 0.6 is 0 Å². The van der Waals surface area contributed by atoms with Crippen LogP contribution in [-0.2, 0) is 18.2 Å². The van der Waals surface area contributed by atoms with Crippen LogP contribution in [0.25, 0.3) is 10.9 Å². The van der Waals surface area contributed by atoms with Crippen LogP contribution in [0.3, 0.4) is 0 Å². The maximum absolute atomic E-state index is 5.90. The highest BCUT2D eigenvalue weighted by molar-refractivity contribution is 5.86. The first-order chi connectivity index (χ1) is 9.24. The first-order valence-corrected chi connectivity index (χ1v) is 6.87. The fourth-order valence-corrected chi connectivity index (χ4v) is 2.79. The van der Waals surface area contributed by atoms with E-state index in [1.165, 1.54) is 16.5 Å². The lowest BCUT2D eigenvalue weighted by Crippen LogP contribution is -2.37. The average molecular weight is 259 g/mol. The highest BCUT2D eigenvalue weighted by Crippen LogP contribution is 2.23. The second-order valence-corrected chi connectivity index (χ2v) is 5.25. The van der Waals surface area contributed by atoms with Crippen LogP contribution < -0.4 is 5.73 Å². The van der Waals surface area contributed by atoms with Crippen LogP contribution in [0, 0.1) is 0 Å². The zero-order valence-electron chi connectivity index (χ0n) is 11.4. The molecule has 1 fully saturated rings. The number of anilines is 1. The number of morpholine rings is 1. The molecule has 0 atom stereocenters. The van der Waals surface area contributed by atoms with E-state index >= 15 is 0 Å². The second kappa shape index (κ2) is 5.23. The third-order valence-corrected chi connectivity index (χ3v) is 3.90. The summed E-state index contributed by atoms with van der Waals surface area (Å²) in [7, 11) is 2.09. The van der Waals surface area contributed by atoms with Crippen LogP contribution in [0.15, 0.2) is 24.4 Å². The number of ether oxygens (including phenoxy) is 1. The topological polar surface area (TPSA) is 43.4 Å². The molecule has 0 spiro atoms. The quantitative estimate of drug-likeness (QED) is 0.852. The van der Waals surface area contributed by atoms with Gasteiger partial charge < -0.3 is 15.0 Å². The lowest BCUT2D eigenvalue weighted by molar-refractivity contribution is 0.0385. The predicted octanol–water partition coefficient (Wildman–Crippen LogP) is 1.64. The van der Waals surface area contributed by atoms with Crippen molar-refractivity contribution < 1.29 is 4.74 Å². The summed E-state index contributed by atoms with van der Waals surface area (Å²) >= 11 is 0. The SMILES string of the molecule is Cn1cc(CCN2CCOCC2)c2cc(N)ccc21. The van der Waals surface area contributed by atoms with Crippen molar-refractivity contribution in [2.75, 3.05) is 38.6 Å². The van der Waals surface area contributed by atoms with Crippen molar-refractivity contribution in [3.05, 3.63) is 30.0 Å². The number of hydrogen-bond acceptors (Lipinski definition) is 3. The van der Waals surface area contributed by atoms with Gasteiger partial charge in [-0.15, -0.1) is 0 Å². The molecule has 4 heteroatoms.